The van der Waals surface area contributed by atoms with Gasteiger partial charge in [-0.25, -0.2) is 4.39 Å². The van der Waals surface area contributed by atoms with E-state index in [9.17, 15) is 9.18 Å². The molecule has 0 N–H and O–H groups in total. The first-order valence-electron chi connectivity index (χ1n) is 3.70. The molecule has 1 nitrogen and oxygen atoms in total. The van der Waals surface area contributed by atoms with E-state index in [1.807, 2.05) is 0 Å². The summed E-state index contributed by atoms with van der Waals surface area (Å²) in [5, 5.41) is 0.100. The van der Waals surface area contributed by atoms with Crippen LogP contribution in [0.5, 0.6) is 0 Å². The molecule has 1 aliphatic rings. The number of Topliss-reactive ketones (excluding diaryl/α,β-unsaturated/α-hetero) is 1. The molecule has 0 atom stereocenters. The Balaban J connectivity index is 2.68. The van der Waals surface area contributed by atoms with Gasteiger partial charge in [-0.1, -0.05) is 11.6 Å². The number of fused-ring (bicyclic) bond motifs is 1. The lowest BCUT2D eigenvalue weighted by Crippen LogP contribution is -1.93. The van der Waals surface area contributed by atoms with E-state index in [-0.39, 0.29) is 10.8 Å². The third-order valence-corrected chi connectivity index (χ3v) is 2.39. The summed E-state index contributed by atoms with van der Waals surface area (Å²) in [6.07, 6.45) is 0.896. The van der Waals surface area contributed by atoms with Gasteiger partial charge in [0.05, 0.1) is 5.02 Å². The third kappa shape index (κ3) is 0.950. The van der Waals surface area contributed by atoms with Gasteiger partial charge in [0, 0.05) is 17.5 Å². The predicted molar refractivity (Wildman–Crippen MR) is 44.1 cm³/mol. The van der Waals surface area contributed by atoms with E-state index in [2.05, 4.69) is 0 Å². The number of rotatable bonds is 0. The van der Waals surface area contributed by atoms with Crippen molar-refractivity contribution < 1.29 is 9.18 Å². The van der Waals surface area contributed by atoms with Crippen LogP contribution >= 0.6 is 11.6 Å². The molecular weight excluding hydrogens is 179 g/mol. The van der Waals surface area contributed by atoms with Crippen molar-refractivity contribution in [3.8, 4) is 0 Å². The van der Waals surface area contributed by atoms with E-state index in [1.54, 1.807) is 6.07 Å². The molecular formula is C9H6ClFO. The molecule has 12 heavy (non-hydrogen) atoms. The molecule has 0 aromatic heterocycles. The standard InChI is InChI=1S/C9H6ClFO/c10-7-3-1-5-6(9(7)11)2-4-8(5)12/h1,3H,2,4H2. The van der Waals surface area contributed by atoms with Crippen molar-refractivity contribution >= 4 is 17.4 Å². The fourth-order valence-corrected chi connectivity index (χ4v) is 1.65. The minimum Gasteiger partial charge on any atom is -0.294 e. The fourth-order valence-electron chi connectivity index (χ4n) is 1.47. The second-order valence-corrected chi connectivity index (χ2v) is 3.22. The van der Waals surface area contributed by atoms with E-state index < -0.39 is 5.82 Å². The molecule has 2 rings (SSSR count). The summed E-state index contributed by atoms with van der Waals surface area (Å²) in [6, 6.07) is 3.02. The van der Waals surface area contributed by atoms with E-state index in [4.69, 9.17) is 11.6 Å². The van der Waals surface area contributed by atoms with Crippen molar-refractivity contribution in [3.63, 3.8) is 0 Å². The molecule has 62 valence electrons. The predicted octanol–water partition coefficient (Wildman–Crippen LogP) is 2.61. The van der Waals surface area contributed by atoms with Crippen molar-refractivity contribution in [1.82, 2.24) is 0 Å². The number of halogens is 2. The Labute approximate surface area is 74.2 Å². The maximum absolute atomic E-state index is 13.2. The average molecular weight is 185 g/mol. The van der Waals surface area contributed by atoms with Gasteiger partial charge in [0.25, 0.3) is 0 Å². The topological polar surface area (TPSA) is 17.1 Å². The number of ketones is 1. The van der Waals surface area contributed by atoms with Crippen molar-refractivity contribution in [2.45, 2.75) is 12.8 Å². The van der Waals surface area contributed by atoms with Crippen LogP contribution in [0, 0.1) is 5.82 Å². The van der Waals surface area contributed by atoms with E-state index >= 15 is 0 Å². The number of hydrogen-bond donors (Lipinski definition) is 0. The normalized spacial score (nSPS) is 15.0. The molecule has 0 amide bonds. The first kappa shape index (κ1) is 7.74. The van der Waals surface area contributed by atoms with Crippen LogP contribution in [0.15, 0.2) is 12.1 Å². The summed E-state index contributed by atoms with van der Waals surface area (Å²) in [5.74, 6) is -0.416. The lowest BCUT2D eigenvalue weighted by Gasteiger charge is -1.99. The van der Waals surface area contributed by atoms with Crippen molar-refractivity contribution in [3.05, 3.63) is 34.1 Å². The summed E-state index contributed by atoms with van der Waals surface area (Å²) in [7, 11) is 0. The van der Waals surface area contributed by atoms with Crippen LogP contribution in [-0.4, -0.2) is 5.78 Å². The Bertz CT molecular complexity index is 360. The number of hydrogen-bond acceptors (Lipinski definition) is 1. The molecule has 0 aliphatic heterocycles. The van der Waals surface area contributed by atoms with Gasteiger partial charge in [0.2, 0.25) is 0 Å². The van der Waals surface area contributed by atoms with Gasteiger partial charge in [-0.05, 0) is 18.6 Å². The van der Waals surface area contributed by atoms with Gasteiger partial charge in [-0.3, -0.25) is 4.79 Å². The van der Waals surface area contributed by atoms with Gasteiger partial charge in [0.15, 0.2) is 5.78 Å². The fraction of sp³-hybridized carbons (Fsp3) is 0.222. The maximum Gasteiger partial charge on any atom is 0.163 e. The zero-order valence-corrected chi connectivity index (χ0v) is 6.99. The highest BCUT2D eigenvalue weighted by Gasteiger charge is 2.23. The highest BCUT2D eigenvalue weighted by Crippen LogP contribution is 2.28. The van der Waals surface area contributed by atoms with Gasteiger partial charge in [-0.2, -0.15) is 0 Å². The molecule has 1 aliphatic carbocycles. The first-order valence-corrected chi connectivity index (χ1v) is 4.08. The van der Waals surface area contributed by atoms with Crippen molar-refractivity contribution in [2.75, 3.05) is 0 Å². The zero-order chi connectivity index (χ0) is 8.72. The average Bonchev–Trinajstić information content (AvgIpc) is 2.41. The largest absolute Gasteiger partial charge is 0.294 e. The van der Waals surface area contributed by atoms with Crippen LogP contribution in [0.1, 0.15) is 22.3 Å². The van der Waals surface area contributed by atoms with Crippen LogP contribution < -0.4 is 0 Å². The van der Waals surface area contributed by atoms with E-state index in [0.29, 0.717) is 24.0 Å². The van der Waals surface area contributed by atoms with Gasteiger partial charge in [0.1, 0.15) is 5.82 Å². The maximum atomic E-state index is 13.2. The van der Waals surface area contributed by atoms with Gasteiger partial charge >= 0.3 is 0 Å². The molecule has 0 saturated heterocycles. The molecule has 1 aromatic carbocycles. The summed E-state index contributed by atoms with van der Waals surface area (Å²) in [6.45, 7) is 0. The molecule has 0 unspecified atom stereocenters. The van der Waals surface area contributed by atoms with Crippen LogP contribution in [0.4, 0.5) is 4.39 Å². The second-order valence-electron chi connectivity index (χ2n) is 2.81. The van der Waals surface area contributed by atoms with E-state index in [0.717, 1.165) is 0 Å². The quantitative estimate of drug-likeness (QED) is 0.606. The smallest absolute Gasteiger partial charge is 0.163 e. The second kappa shape index (κ2) is 2.56. The molecule has 0 saturated carbocycles. The highest BCUT2D eigenvalue weighted by atomic mass is 35.5. The van der Waals surface area contributed by atoms with Gasteiger partial charge in [-0.15, -0.1) is 0 Å². The van der Waals surface area contributed by atoms with Crippen LogP contribution in [0.2, 0.25) is 5.02 Å². The van der Waals surface area contributed by atoms with Crippen molar-refractivity contribution in [1.29, 1.82) is 0 Å². The summed E-state index contributed by atoms with van der Waals surface area (Å²) in [5.41, 5.74) is 0.976. The number of carbonyl (C=O) groups is 1. The Morgan fingerprint density at radius 2 is 2.08 bits per heavy atom. The Morgan fingerprint density at radius 1 is 1.33 bits per heavy atom. The molecule has 1 aromatic rings. The van der Waals surface area contributed by atoms with Gasteiger partial charge < -0.3 is 0 Å². The van der Waals surface area contributed by atoms with Crippen LogP contribution in [0.3, 0.4) is 0 Å². The first-order chi connectivity index (χ1) is 5.70. The zero-order valence-electron chi connectivity index (χ0n) is 6.23. The van der Waals surface area contributed by atoms with E-state index in [1.165, 1.54) is 6.07 Å². The molecule has 0 spiro atoms. The monoisotopic (exact) mass is 184 g/mol. The molecule has 0 heterocycles. The SMILES string of the molecule is O=C1CCc2c1ccc(Cl)c2F. The number of carbonyl (C=O) groups excluding carboxylic acids is 1. The summed E-state index contributed by atoms with van der Waals surface area (Å²) in [4.78, 5) is 11.1. The lowest BCUT2D eigenvalue weighted by atomic mass is 10.1. The minimum absolute atomic E-state index is 0.0144. The van der Waals surface area contributed by atoms with Crippen molar-refractivity contribution in [2.24, 2.45) is 0 Å². The summed E-state index contributed by atoms with van der Waals surface area (Å²) >= 11 is 5.55. The molecule has 3 heteroatoms. The lowest BCUT2D eigenvalue weighted by molar-refractivity contribution is 0.0994. The summed E-state index contributed by atoms with van der Waals surface area (Å²) < 4.78 is 13.2. The molecule has 0 fully saturated rings. The Kier molecular flexibility index (Phi) is 1.65. The third-order valence-electron chi connectivity index (χ3n) is 2.10. The number of benzene rings is 1. The van der Waals surface area contributed by atoms with Crippen LogP contribution in [0.25, 0.3) is 0 Å². The Morgan fingerprint density at radius 3 is 2.83 bits per heavy atom. The minimum atomic E-state index is -0.431. The molecule has 0 radical (unpaired) electrons. The highest BCUT2D eigenvalue weighted by molar-refractivity contribution is 6.31. The van der Waals surface area contributed by atoms with Crippen LogP contribution in [-0.2, 0) is 6.42 Å². The Hall–Kier alpha value is -0.890. The molecule has 0 bridgehead atoms.